The number of hydrogen-bond donors (Lipinski definition) is 1. The van der Waals surface area contributed by atoms with E-state index in [4.69, 9.17) is 20.8 Å². The zero-order chi connectivity index (χ0) is 22.0. The maximum atomic E-state index is 12.5. The van der Waals surface area contributed by atoms with Gasteiger partial charge in [-0.3, -0.25) is 4.79 Å². The van der Waals surface area contributed by atoms with E-state index in [2.05, 4.69) is 36.3 Å². The molecule has 0 aliphatic rings. The number of benzene rings is 3. The number of carbonyl (C=O) groups is 1. The van der Waals surface area contributed by atoms with E-state index in [1.54, 1.807) is 18.2 Å². The molecule has 0 aliphatic carbocycles. The zero-order valence-electron chi connectivity index (χ0n) is 17.6. The molecule has 1 N–H and O–H groups in total. The van der Waals surface area contributed by atoms with Gasteiger partial charge < -0.3 is 14.5 Å². The summed E-state index contributed by atoms with van der Waals surface area (Å²) >= 11 is 6.11. The lowest BCUT2D eigenvalue weighted by Crippen LogP contribution is -2.11. The van der Waals surface area contributed by atoms with E-state index in [-0.39, 0.29) is 5.91 Å². The summed E-state index contributed by atoms with van der Waals surface area (Å²) in [6.07, 6.45) is 1.08. The van der Waals surface area contributed by atoms with Crippen molar-refractivity contribution < 1.29 is 13.9 Å². The first-order chi connectivity index (χ1) is 15.0. The van der Waals surface area contributed by atoms with Crippen LogP contribution in [-0.4, -0.2) is 18.0 Å². The monoisotopic (exact) mass is 434 g/mol. The number of rotatable bonds is 6. The number of carbonyl (C=O) groups excluding carboxylic acids is 1. The molecule has 31 heavy (non-hydrogen) atoms. The van der Waals surface area contributed by atoms with Crippen molar-refractivity contribution in [2.24, 2.45) is 0 Å². The van der Waals surface area contributed by atoms with Gasteiger partial charge in [0.05, 0.1) is 12.1 Å². The fraction of sp³-hybridized carbons (Fsp3) is 0.200. The standard InChI is InChI=1S/C25H23ClN2O3/c1-4-15(2)17-7-12-23-21(14-17)28-25(31-23)16-5-9-19(10-6-16)27-24(29)18-8-11-22(30-3)20(26)13-18/h5-15H,4H2,1-3H3,(H,27,29). The van der Waals surface area contributed by atoms with Gasteiger partial charge in [-0.2, -0.15) is 0 Å². The quantitative estimate of drug-likeness (QED) is 0.357. The van der Waals surface area contributed by atoms with Crippen LogP contribution >= 0.6 is 11.6 Å². The zero-order valence-corrected chi connectivity index (χ0v) is 18.4. The number of anilines is 1. The van der Waals surface area contributed by atoms with E-state index < -0.39 is 0 Å². The minimum absolute atomic E-state index is 0.253. The summed E-state index contributed by atoms with van der Waals surface area (Å²) in [5.41, 5.74) is 4.82. The van der Waals surface area contributed by atoms with Crippen molar-refractivity contribution >= 4 is 34.3 Å². The van der Waals surface area contributed by atoms with Crippen molar-refractivity contribution in [3.8, 4) is 17.2 Å². The Bertz CT molecular complexity index is 1230. The summed E-state index contributed by atoms with van der Waals surface area (Å²) in [7, 11) is 1.53. The Balaban J connectivity index is 1.51. The molecule has 5 nitrogen and oxygen atoms in total. The van der Waals surface area contributed by atoms with Crippen LogP contribution in [0.5, 0.6) is 5.75 Å². The first kappa shape index (κ1) is 20.9. The molecule has 4 aromatic rings. The maximum absolute atomic E-state index is 12.5. The van der Waals surface area contributed by atoms with E-state index in [0.29, 0.717) is 33.8 Å². The van der Waals surface area contributed by atoms with Crippen LogP contribution in [0.2, 0.25) is 5.02 Å². The third-order valence-electron chi connectivity index (χ3n) is 5.40. The Kier molecular flexibility index (Phi) is 5.96. The van der Waals surface area contributed by atoms with Crippen molar-refractivity contribution in [2.45, 2.75) is 26.2 Å². The Morgan fingerprint density at radius 3 is 2.58 bits per heavy atom. The van der Waals surface area contributed by atoms with E-state index >= 15 is 0 Å². The molecule has 0 aliphatic heterocycles. The fourth-order valence-corrected chi connectivity index (χ4v) is 3.57. The number of oxazole rings is 1. The van der Waals surface area contributed by atoms with Crippen molar-refractivity contribution in [2.75, 3.05) is 12.4 Å². The lowest BCUT2D eigenvalue weighted by Gasteiger charge is -2.08. The molecule has 0 fully saturated rings. The smallest absolute Gasteiger partial charge is 0.255 e. The highest BCUT2D eigenvalue weighted by Gasteiger charge is 2.12. The highest BCUT2D eigenvalue weighted by molar-refractivity contribution is 6.32. The van der Waals surface area contributed by atoms with Crippen molar-refractivity contribution in [1.82, 2.24) is 4.98 Å². The molecule has 1 atom stereocenters. The fourth-order valence-electron chi connectivity index (χ4n) is 3.32. The molecule has 0 bridgehead atoms. The number of hydrogen-bond acceptors (Lipinski definition) is 4. The molecule has 0 spiro atoms. The first-order valence-electron chi connectivity index (χ1n) is 10.1. The molecular weight excluding hydrogens is 412 g/mol. The van der Waals surface area contributed by atoms with Gasteiger partial charge in [0.1, 0.15) is 11.3 Å². The summed E-state index contributed by atoms with van der Waals surface area (Å²) in [6.45, 7) is 4.38. The van der Waals surface area contributed by atoms with Crippen LogP contribution in [0.15, 0.2) is 65.1 Å². The molecular formula is C25H23ClN2O3. The topological polar surface area (TPSA) is 64.4 Å². The van der Waals surface area contributed by atoms with Gasteiger partial charge >= 0.3 is 0 Å². The molecule has 3 aromatic carbocycles. The summed E-state index contributed by atoms with van der Waals surface area (Å²) < 4.78 is 11.0. The van der Waals surface area contributed by atoms with E-state index in [9.17, 15) is 4.79 Å². The van der Waals surface area contributed by atoms with E-state index in [1.165, 1.54) is 12.7 Å². The summed E-state index contributed by atoms with van der Waals surface area (Å²) in [5.74, 6) is 1.30. The van der Waals surface area contributed by atoms with Gasteiger partial charge in [0.15, 0.2) is 5.58 Å². The second kappa shape index (κ2) is 8.82. The van der Waals surface area contributed by atoms with Crippen LogP contribution in [-0.2, 0) is 0 Å². The molecule has 158 valence electrons. The average molecular weight is 435 g/mol. The number of nitrogens with zero attached hydrogens (tertiary/aromatic N) is 1. The molecule has 1 heterocycles. The Hall–Kier alpha value is -3.31. The number of methoxy groups -OCH3 is 1. The SMILES string of the molecule is CCC(C)c1ccc2oc(-c3ccc(NC(=O)c4ccc(OC)c(Cl)c4)cc3)nc2c1. The number of fused-ring (bicyclic) bond motifs is 1. The molecule has 4 rings (SSSR count). The van der Waals surface area contributed by atoms with Crippen molar-refractivity contribution in [1.29, 1.82) is 0 Å². The lowest BCUT2D eigenvalue weighted by atomic mass is 9.98. The van der Waals surface area contributed by atoms with Crippen LogP contribution in [0.1, 0.15) is 42.1 Å². The third-order valence-corrected chi connectivity index (χ3v) is 5.69. The summed E-state index contributed by atoms with van der Waals surface area (Å²) in [6, 6.07) is 18.4. The van der Waals surface area contributed by atoms with Crippen LogP contribution in [0, 0.1) is 0 Å². The number of amides is 1. The van der Waals surface area contributed by atoms with Crippen LogP contribution < -0.4 is 10.1 Å². The van der Waals surface area contributed by atoms with Gasteiger partial charge in [-0.1, -0.05) is 31.5 Å². The van der Waals surface area contributed by atoms with Crippen LogP contribution in [0.4, 0.5) is 5.69 Å². The lowest BCUT2D eigenvalue weighted by molar-refractivity contribution is 0.102. The van der Waals surface area contributed by atoms with Gasteiger partial charge in [0, 0.05) is 16.8 Å². The number of aromatic nitrogens is 1. The van der Waals surface area contributed by atoms with Crippen molar-refractivity contribution in [3.05, 3.63) is 76.8 Å². The largest absolute Gasteiger partial charge is 0.495 e. The summed E-state index contributed by atoms with van der Waals surface area (Å²) in [5, 5.41) is 3.25. The highest BCUT2D eigenvalue weighted by Crippen LogP contribution is 2.29. The molecule has 0 radical (unpaired) electrons. The van der Waals surface area contributed by atoms with Gasteiger partial charge in [0.2, 0.25) is 5.89 Å². The van der Waals surface area contributed by atoms with E-state index in [0.717, 1.165) is 23.1 Å². The summed E-state index contributed by atoms with van der Waals surface area (Å²) in [4.78, 5) is 17.2. The Morgan fingerprint density at radius 2 is 1.90 bits per heavy atom. The van der Waals surface area contributed by atoms with Crippen LogP contribution in [0.3, 0.4) is 0 Å². The molecule has 0 saturated heterocycles. The normalized spacial score (nSPS) is 12.0. The van der Waals surface area contributed by atoms with Crippen LogP contribution in [0.25, 0.3) is 22.6 Å². The van der Waals surface area contributed by atoms with Gasteiger partial charge in [-0.15, -0.1) is 0 Å². The maximum Gasteiger partial charge on any atom is 0.255 e. The average Bonchev–Trinajstić information content (AvgIpc) is 3.22. The minimum Gasteiger partial charge on any atom is -0.495 e. The van der Waals surface area contributed by atoms with Gasteiger partial charge in [-0.05, 0) is 72.5 Å². The molecule has 0 saturated carbocycles. The van der Waals surface area contributed by atoms with Gasteiger partial charge in [-0.25, -0.2) is 4.98 Å². The molecule has 1 unspecified atom stereocenters. The molecule has 1 aromatic heterocycles. The second-order valence-electron chi connectivity index (χ2n) is 7.44. The predicted molar refractivity (Wildman–Crippen MR) is 124 cm³/mol. The van der Waals surface area contributed by atoms with Gasteiger partial charge in [0.25, 0.3) is 5.91 Å². The minimum atomic E-state index is -0.253. The number of halogens is 1. The third kappa shape index (κ3) is 4.42. The first-order valence-corrected chi connectivity index (χ1v) is 10.5. The Morgan fingerprint density at radius 1 is 1.13 bits per heavy atom. The molecule has 6 heteroatoms. The highest BCUT2D eigenvalue weighted by atomic mass is 35.5. The molecule has 1 amide bonds. The van der Waals surface area contributed by atoms with E-state index in [1.807, 2.05) is 30.3 Å². The number of nitrogens with one attached hydrogen (secondary N) is 1. The Labute approximate surface area is 186 Å². The predicted octanol–water partition coefficient (Wildman–Crippen LogP) is 6.92. The second-order valence-corrected chi connectivity index (χ2v) is 7.84. The number of ether oxygens (including phenoxy) is 1. The van der Waals surface area contributed by atoms with Crippen molar-refractivity contribution in [3.63, 3.8) is 0 Å².